The Morgan fingerprint density at radius 2 is 1.70 bits per heavy atom. The second-order valence-corrected chi connectivity index (χ2v) is 8.07. The van der Waals surface area contributed by atoms with Crippen LogP contribution in [0, 0.1) is 6.92 Å². The number of hydrogen-bond donors (Lipinski definition) is 1. The largest absolute Gasteiger partial charge is 0.350 e. The first-order chi connectivity index (χ1) is 12.9. The molecular weight excluding hydrogens is 360 g/mol. The zero-order valence-corrected chi connectivity index (χ0v) is 15.7. The SMILES string of the molecule is Cc1ccc(S(=O)(=O)Nc2ccc(-c3cccc4ccn(C)c34)nn2)cc1. The highest BCUT2D eigenvalue weighted by Crippen LogP contribution is 2.27. The molecule has 0 bridgehead atoms. The second kappa shape index (κ2) is 6.51. The summed E-state index contributed by atoms with van der Waals surface area (Å²) in [5.74, 6) is 0.179. The summed E-state index contributed by atoms with van der Waals surface area (Å²) in [4.78, 5) is 0.188. The summed E-state index contributed by atoms with van der Waals surface area (Å²) >= 11 is 0. The molecule has 0 aliphatic heterocycles. The standard InChI is InChI=1S/C20H18N4O2S/c1-14-6-8-16(9-7-14)27(25,26)23-19-11-10-18(21-22-19)17-5-3-4-15-12-13-24(2)20(15)17/h3-13H,1-2H3,(H,22,23). The van der Waals surface area contributed by atoms with Gasteiger partial charge in [0.05, 0.1) is 16.1 Å². The first-order valence-electron chi connectivity index (χ1n) is 8.42. The Hall–Kier alpha value is -3.19. The van der Waals surface area contributed by atoms with Crippen molar-refractivity contribution in [2.45, 2.75) is 11.8 Å². The molecule has 1 N–H and O–H groups in total. The van der Waals surface area contributed by atoms with Crippen molar-refractivity contribution in [1.82, 2.24) is 14.8 Å². The van der Waals surface area contributed by atoms with Gasteiger partial charge in [-0.15, -0.1) is 10.2 Å². The number of aromatic nitrogens is 3. The van der Waals surface area contributed by atoms with E-state index < -0.39 is 10.0 Å². The molecule has 2 aromatic heterocycles. The van der Waals surface area contributed by atoms with Gasteiger partial charge in [-0.1, -0.05) is 35.9 Å². The van der Waals surface area contributed by atoms with Crippen LogP contribution in [0.5, 0.6) is 0 Å². The summed E-state index contributed by atoms with van der Waals surface area (Å²) < 4.78 is 29.4. The smallest absolute Gasteiger partial charge is 0.263 e. The lowest BCUT2D eigenvalue weighted by atomic mass is 10.1. The minimum Gasteiger partial charge on any atom is -0.350 e. The molecule has 6 nitrogen and oxygen atoms in total. The highest BCUT2D eigenvalue weighted by Gasteiger charge is 2.15. The molecule has 7 heteroatoms. The van der Waals surface area contributed by atoms with Crippen LogP contribution in [0.15, 0.2) is 71.8 Å². The molecule has 0 spiro atoms. The number of sulfonamides is 1. The molecule has 4 rings (SSSR count). The zero-order chi connectivity index (χ0) is 19.0. The van der Waals surface area contributed by atoms with Gasteiger partial charge in [-0.3, -0.25) is 4.72 Å². The molecule has 136 valence electrons. The number of anilines is 1. The number of fused-ring (bicyclic) bond motifs is 1. The van der Waals surface area contributed by atoms with Crippen LogP contribution in [-0.4, -0.2) is 23.2 Å². The maximum absolute atomic E-state index is 12.5. The fraction of sp³-hybridized carbons (Fsp3) is 0.100. The van der Waals surface area contributed by atoms with E-state index in [9.17, 15) is 8.42 Å². The van der Waals surface area contributed by atoms with Gasteiger partial charge < -0.3 is 4.57 Å². The summed E-state index contributed by atoms with van der Waals surface area (Å²) in [6.07, 6.45) is 1.99. The average Bonchev–Trinajstić information content (AvgIpc) is 3.04. The lowest BCUT2D eigenvalue weighted by Crippen LogP contribution is -2.14. The van der Waals surface area contributed by atoms with E-state index in [2.05, 4.69) is 14.9 Å². The Labute approximate surface area is 157 Å². The first kappa shape index (κ1) is 17.2. The Balaban J connectivity index is 1.64. The maximum Gasteiger partial charge on any atom is 0.263 e. The van der Waals surface area contributed by atoms with Gasteiger partial charge in [0.15, 0.2) is 5.82 Å². The molecule has 27 heavy (non-hydrogen) atoms. The molecule has 0 fully saturated rings. The van der Waals surface area contributed by atoms with Gasteiger partial charge in [0.2, 0.25) is 0 Å². The molecule has 0 amide bonds. The van der Waals surface area contributed by atoms with Crippen molar-refractivity contribution in [1.29, 1.82) is 0 Å². The van der Waals surface area contributed by atoms with Crippen molar-refractivity contribution in [3.05, 3.63) is 72.4 Å². The predicted molar refractivity (Wildman–Crippen MR) is 106 cm³/mol. The second-order valence-electron chi connectivity index (χ2n) is 6.39. The van der Waals surface area contributed by atoms with Crippen LogP contribution < -0.4 is 4.72 Å². The van der Waals surface area contributed by atoms with Crippen LogP contribution in [0.25, 0.3) is 22.2 Å². The molecule has 0 unspecified atom stereocenters. The fourth-order valence-electron chi connectivity index (χ4n) is 3.01. The fourth-order valence-corrected chi connectivity index (χ4v) is 4.00. The summed E-state index contributed by atoms with van der Waals surface area (Å²) in [6.45, 7) is 1.90. The van der Waals surface area contributed by atoms with Crippen LogP contribution in [0.2, 0.25) is 0 Å². The van der Waals surface area contributed by atoms with Crippen molar-refractivity contribution in [3.63, 3.8) is 0 Å². The van der Waals surface area contributed by atoms with E-state index in [0.717, 1.165) is 22.0 Å². The minimum absolute atomic E-state index is 0.179. The van der Waals surface area contributed by atoms with Crippen LogP contribution in [0.3, 0.4) is 0 Å². The third kappa shape index (κ3) is 3.29. The van der Waals surface area contributed by atoms with Crippen LogP contribution in [-0.2, 0) is 17.1 Å². The molecule has 4 aromatic rings. The minimum atomic E-state index is -3.70. The van der Waals surface area contributed by atoms with E-state index >= 15 is 0 Å². The van der Waals surface area contributed by atoms with Gasteiger partial charge in [0, 0.05) is 24.2 Å². The van der Waals surface area contributed by atoms with E-state index in [4.69, 9.17) is 0 Å². The first-order valence-corrected chi connectivity index (χ1v) is 9.90. The molecule has 0 saturated carbocycles. The van der Waals surface area contributed by atoms with Gasteiger partial charge in [-0.2, -0.15) is 0 Å². The van der Waals surface area contributed by atoms with Gasteiger partial charge in [0.25, 0.3) is 10.0 Å². The van der Waals surface area contributed by atoms with Crippen molar-refractivity contribution < 1.29 is 8.42 Å². The van der Waals surface area contributed by atoms with Gasteiger partial charge in [-0.05, 0) is 37.3 Å². The van der Waals surface area contributed by atoms with E-state index in [1.807, 2.05) is 49.0 Å². The molecular formula is C20H18N4O2S. The van der Waals surface area contributed by atoms with Crippen molar-refractivity contribution in [3.8, 4) is 11.3 Å². The highest BCUT2D eigenvalue weighted by molar-refractivity contribution is 7.92. The van der Waals surface area contributed by atoms with Crippen LogP contribution >= 0.6 is 0 Å². The Kier molecular flexibility index (Phi) is 4.16. The summed E-state index contributed by atoms with van der Waals surface area (Å²) in [7, 11) is -1.72. The van der Waals surface area contributed by atoms with E-state index in [-0.39, 0.29) is 10.7 Å². The van der Waals surface area contributed by atoms with E-state index in [1.54, 1.807) is 36.4 Å². The lowest BCUT2D eigenvalue weighted by Gasteiger charge is -2.09. The molecule has 0 aliphatic carbocycles. The highest BCUT2D eigenvalue weighted by atomic mass is 32.2. The monoisotopic (exact) mass is 378 g/mol. The Bertz CT molecular complexity index is 1210. The van der Waals surface area contributed by atoms with Gasteiger partial charge in [-0.25, -0.2) is 8.42 Å². The summed E-state index contributed by atoms with van der Waals surface area (Å²) in [6, 6.07) is 18.0. The summed E-state index contributed by atoms with van der Waals surface area (Å²) in [5.41, 5.74) is 3.67. The van der Waals surface area contributed by atoms with Crippen molar-refractivity contribution in [2.75, 3.05) is 4.72 Å². The van der Waals surface area contributed by atoms with Crippen molar-refractivity contribution >= 4 is 26.7 Å². The Morgan fingerprint density at radius 1 is 0.926 bits per heavy atom. The average molecular weight is 378 g/mol. The molecule has 0 radical (unpaired) electrons. The van der Waals surface area contributed by atoms with E-state index in [1.165, 1.54) is 0 Å². The normalized spacial score (nSPS) is 11.6. The summed E-state index contributed by atoms with van der Waals surface area (Å²) in [5, 5.41) is 9.39. The Morgan fingerprint density at radius 3 is 2.41 bits per heavy atom. The number of rotatable bonds is 4. The third-order valence-electron chi connectivity index (χ3n) is 4.41. The number of nitrogens with zero attached hydrogens (tertiary/aromatic N) is 3. The number of aryl methyl sites for hydroxylation is 2. The number of para-hydroxylation sites is 1. The quantitative estimate of drug-likeness (QED) is 0.587. The zero-order valence-electron chi connectivity index (χ0n) is 14.9. The van der Waals surface area contributed by atoms with Crippen molar-refractivity contribution in [2.24, 2.45) is 7.05 Å². The van der Waals surface area contributed by atoms with Gasteiger partial charge >= 0.3 is 0 Å². The molecule has 2 heterocycles. The van der Waals surface area contributed by atoms with E-state index in [0.29, 0.717) is 5.69 Å². The molecule has 2 aromatic carbocycles. The lowest BCUT2D eigenvalue weighted by molar-refractivity contribution is 0.601. The predicted octanol–water partition coefficient (Wildman–Crippen LogP) is 3.74. The molecule has 0 aliphatic rings. The van der Waals surface area contributed by atoms with Gasteiger partial charge in [0.1, 0.15) is 0 Å². The molecule has 0 atom stereocenters. The van der Waals surface area contributed by atoms with Crippen LogP contribution in [0.1, 0.15) is 5.56 Å². The number of nitrogens with one attached hydrogen (secondary N) is 1. The van der Waals surface area contributed by atoms with Crippen LogP contribution in [0.4, 0.5) is 5.82 Å². The number of benzene rings is 2. The maximum atomic E-state index is 12.5. The number of hydrogen-bond acceptors (Lipinski definition) is 4. The topological polar surface area (TPSA) is 76.9 Å². The third-order valence-corrected chi connectivity index (χ3v) is 5.78. The molecule has 0 saturated heterocycles.